The van der Waals surface area contributed by atoms with E-state index in [0.29, 0.717) is 0 Å². The molecule has 0 radical (unpaired) electrons. The van der Waals surface area contributed by atoms with Gasteiger partial charge in [0.15, 0.2) is 6.29 Å². The van der Waals surface area contributed by atoms with Gasteiger partial charge < -0.3 is 9.47 Å². The summed E-state index contributed by atoms with van der Waals surface area (Å²) in [5, 5.41) is 0. The molecule has 0 saturated heterocycles. The molecule has 0 unspecified atom stereocenters. The van der Waals surface area contributed by atoms with Crippen molar-refractivity contribution in [2.45, 2.75) is 26.1 Å². The first-order valence-corrected chi connectivity index (χ1v) is 4.96. The van der Waals surface area contributed by atoms with E-state index in [4.69, 9.17) is 9.47 Å². The van der Waals surface area contributed by atoms with E-state index in [2.05, 4.69) is 31.2 Å². The van der Waals surface area contributed by atoms with Crippen LogP contribution in [0.15, 0.2) is 24.3 Å². The van der Waals surface area contributed by atoms with Gasteiger partial charge in [-0.3, -0.25) is 0 Å². The summed E-state index contributed by atoms with van der Waals surface area (Å²) in [6.07, 6.45) is 2.06. The molecule has 14 heavy (non-hydrogen) atoms. The lowest BCUT2D eigenvalue weighted by Gasteiger charge is -2.13. The van der Waals surface area contributed by atoms with Gasteiger partial charge in [-0.1, -0.05) is 37.6 Å². The number of rotatable bonds is 5. The van der Waals surface area contributed by atoms with Gasteiger partial charge in [0.1, 0.15) is 0 Å². The van der Waals surface area contributed by atoms with Crippen molar-refractivity contribution < 1.29 is 9.47 Å². The molecule has 1 aromatic rings. The first-order valence-electron chi connectivity index (χ1n) is 4.96. The molecule has 2 nitrogen and oxygen atoms in total. The van der Waals surface area contributed by atoms with E-state index in [-0.39, 0.29) is 6.29 Å². The van der Waals surface area contributed by atoms with Gasteiger partial charge >= 0.3 is 0 Å². The smallest absolute Gasteiger partial charge is 0.183 e. The Balaban J connectivity index is 2.71. The predicted molar refractivity (Wildman–Crippen MR) is 57.2 cm³/mol. The maximum absolute atomic E-state index is 5.16. The Hall–Kier alpha value is -0.860. The van der Waals surface area contributed by atoms with E-state index in [9.17, 15) is 0 Å². The summed E-state index contributed by atoms with van der Waals surface area (Å²) in [6, 6.07) is 8.37. The molecule has 0 spiro atoms. The number of methoxy groups -OCH3 is 2. The zero-order valence-electron chi connectivity index (χ0n) is 9.12. The van der Waals surface area contributed by atoms with E-state index in [1.807, 2.05) is 0 Å². The van der Waals surface area contributed by atoms with Crippen LogP contribution in [0, 0.1) is 0 Å². The van der Waals surface area contributed by atoms with Crippen LogP contribution in [0.5, 0.6) is 0 Å². The Morgan fingerprint density at radius 3 is 2.07 bits per heavy atom. The third-order valence-electron chi connectivity index (χ3n) is 2.22. The third kappa shape index (κ3) is 2.82. The molecular formula is C12H18O2. The van der Waals surface area contributed by atoms with Crippen LogP contribution >= 0.6 is 0 Å². The van der Waals surface area contributed by atoms with Gasteiger partial charge in [0.25, 0.3) is 0 Å². The number of ether oxygens (including phenoxy) is 2. The predicted octanol–water partition coefficient (Wildman–Crippen LogP) is 2.93. The zero-order chi connectivity index (χ0) is 10.4. The first kappa shape index (κ1) is 11.2. The lowest BCUT2D eigenvalue weighted by atomic mass is 10.1. The molecule has 0 aliphatic heterocycles. The third-order valence-corrected chi connectivity index (χ3v) is 2.22. The summed E-state index contributed by atoms with van der Waals surface area (Å²) in [7, 11) is 3.29. The van der Waals surface area contributed by atoms with Crippen molar-refractivity contribution >= 4 is 0 Å². The van der Waals surface area contributed by atoms with Crippen molar-refractivity contribution in [1.29, 1.82) is 0 Å². The molecule has 0 heterocycles. The second kappa shape index (κ2) is 5.78. The molecule has 0 fully saturated rings. The SMILES string of the molecule is CCCc1ccc(C(OC)OC)cc1. The monoisotopic (exact) mass is 194 g/mol. The largest absolute Gasteiger partial charge is 0.352 e. The molecule has 1 rings (SSSR count). The summed E-state index contributed by atoms with van der Waals surface area (Å²) in [6.45, 7) is 2.18. The fourth-order valence-corrected chi connectivity index (χ4v) is 1.50. The van der Waals surface area contributed by atoms with Gasteiger partial charge in [-0.2, -0.15) is 0 Å². The number of hydrogen-bond acceptors (Lipinski definition) is 2. The molecule has 0 N–H and O–H groups in total. The molecule has 0 bridgehead atoms. The number of hydrogen-bond donors (Lipinski definition) is 0. The molecule has 0 aliphatic carbocycles. The second-order valence-electron chi connectivity index (χ2n) is 3.29. The van der Waals surface area contributed by atoms with Gasteiger partial charge in [-0.05, 0) is 12.0 Å². The fourth-order valence-electron chi connectivity index (χ4n) is 1.50. The summed E-state index contributed by atoms with van der Waals surface area (Å²) in [4.78, 5) is 0. The van der Waals surface area contributed by atoms with Gasteiger partial charge in [0, 0.05) is 19.8 Å². The molecule has 0 saturated carbocycles. The molecule has 0 aliphatic rings. The van der Waals surface area contributed by atoms with Crippen molar-refractivity contribution in [2.75, 3.05) is 14.2 Å². The Bertz CT molecular complexity index is 250. The first-order chi connectivity index (χ1) is 6.81. The minimum Gasteiger partial charge on any atom is -0.352 e. The van der Waals surface area contributed by atoms with Gasteiger partial charge in [-0.15, -0.1) is 0 Å². The average Bonchev–Trinajstić information content (AvgIpc) is 2.23. The van der Waals surface area contributed by atoms with Crippen LogP contribution in [-0.2, 0) is 15.9 Å². The quantitative estimate of drug-likeness (QED) is 0.671. The maximum Gasteiger partial charge on any atom is 0.183 e. The Morgan fingerprint density at radius 2 is 1.64 bits per heavy atom. The highest BCUT2D eigenvalue weighted by Crippen LogP contribution is 2.17. The summed E-state index contributed by atoms with van der Waals surface area (Å²) < 4.78 is 10.3. The zero-order valence-corrected chi connectivity index (χ0v) is 9.12. The highest BCUT2D eigenvalue weighted by molar-refractivity contribution is 5.23. The van der Waals surface area contributed by atoms with Crippen molar-refractivity contribution in [3.8, 4) is 0 Å². The maximum atomic E-state index is 5.16. The standard InChI is InChI=1S/C12H18O2/c1-4-5-10-6-8-11(9-7-10)12(13-2)14-3/h6-9,12H,4-5H2,1-3H3. The summed E-state index contributed by atoms with van der Waals surface area (Å²) in [5.74, 6) is 0. The summed E-state index contributed by atoms with van der Waals surface area (Å²) in [5.41, 5.74) is 2.43. The van der Waals surface area contributed by atoms with Crippen molar-refractivity contribution in [3.05, 3.63) is 35.4 Å². The van der Waals surface area contributed by atoms with Crippen LogP contribution in [0.2, 0.25) is 0 Å². The van der Waals surface area contributed by atoms with Crippen LogP contribution < -0.4 is 0 Å². The molecule has 1 aromatic carbocycles. The van der Waals surface area contributed by atoms with E-state index in [0.717, 1.165) is 12.0 Å². The second-order valence-corrected chi connectivity index (χ2v) is 3.29. The summed E-state index contributed by atoms with van der Waals surface area (Å²) >= 11 is 0. The average molecular weight is 194 g/mol. The van der Waals surface area contributed by atoms with Crippen molar-refractivity contribution in [2.24, 2.45) is 0 Å². The lowest BCUT2D eigenvalue weighted by molar-refractivity contribution is -0.106. The van der Waals surface area contributed by atoms with Gasteiger partial charge in [0.05, 0.1) is 0 Å². The van der Waals surface area contributed by atoms with Crippen LogP contribution in [0.1, 0.15) is 30.8 Å². The Labute approximate surface area is 85.8 Å². The van der Waals surface area contributed by atoms with E-state index < -0.39 is 0 Å². The molecule has 0 aromatic heterocycles. The number of aryl methyl sites for hydroxylation is 1. The van der Waals surface area contributed by atoms with Crippen LogP contribution in [-0.4, -0.2) is 14.2 Å². The van der Waals surface area contributed by atoms with Crippen LogP contribution in [0.3, 0.4) is 0 Å². The highest BCUT2D eigenvalue weighted by Gasteiger charge is 2.07. The normalized spacial score (nSPS) is 10.9. The fraction of sp³-hybridized carbons (Fsp3) is 0.500. The minimum absolute atomic E-state index is 0.245. The van der Waals surface area contributed by atoms with Crippen LogP contribution in [0.25, 0.3) is 0 Å². The number of benzene rings is 1. The van der Waals surface area contributed by atoms with Gasteiger partial charge in [0.2, 0.25) is 0 Å². The lowest BCUT2D eigenvalue weighted by Crippen LogP contribution is -2.03. The Morgan fingerprint density at radius 1 is 1.07 bits per heavy atom. The van der Waals surface area contributed by atoms with E-state index >= 15 is 0 Å². The molecule has 2 heteroatoms. The molecule has 0 atom stereocenters. The molecular weight excluding hydrogens is 176 g/mol. The van der Waals surface area contributed by atoms with Crippen LogP contribution in [0.4, 0.5) is 0 Å². The van der Waals surface area contributed by atoms with Crippen molar-refractivity contribution in [1.82, 2.24) is 0 Å². The minimum atomic E-state index is -0.245. The highest BCUT2D eigenvalue weighted by atomic mass is 16.7. The van der Waals surface area contributed by atoms with Gasteiger partial charge in [-0.25, -0.2) is 0 Å². The topological polar surface area (TPSA) is 18.5 Å². The van der Waals surface area contributed by atoms with E-state index in [1.165, 1.54) is 12.0 Å². The van der Waals surface area contributed by atoms with Crippen molar-refractivity contribution in [3.63, 3.8) is 0 Å². The Kier molecular flexibility index (Phi) is 4.63. The molecule has 0 amide bonds. The van der Waals surface area contributed by atoms with E-state index in [1.54, 1.807) is 14.2 Å². The molecule has 78 valence electrons.